The Kier molecular flexibility index (Phi) is 4.19. The molecular formula is C8H14ClNO. The van der Waals surface area contributed by atoms with Crippen molar-refractivity contribution in [3.8, 4) is 0 Å². The van der Waals surface area contributed by atoms with Gasteiger partial charge in [0.15, 0.2) is 0 Å². The van der Waals surface area contributed by atoms with Crippen LogP contribution in [-0.2, 0) is 4.79 Å². The molecule has 0 atom stereocenters. The SMILES string of the molecule is CC(C)(Cl)/C=C\CCC(N)=O. The van der Waals surface area contributed by atoms with Crippen LogP contribution in [0.3, 0.4) is 0 Å². The first-order valence-corrected chi connectivity index (χ1v) is 3.94. The number of amides is 1. The molecule has 0 bridgehead atoms. The van der Waals surface area contributed by atoms with E-state index in [1.54, 1.807) is 0 Å². The maximum absolute atomic E-state index is 10.3. The zero-order chi connectivity index (χ0) is 8.91. The molecule has 2 nitrogen and oxygen atoms in total. The van der Waals surface area contributed by atoms with Crippen molar-refractivity contribution < 1.29 is 4.79 Å². The monoisotopic (exact) mass is 175 g/mol. The van der Waals surface area contributed by atoms with E-state index in [0.29, 0.717) is 12.8 Å². The Morgan fingerprint density at radius 2 is 2.18 bits per heavy atom. The molecule has 0 aromatic heterocycles. The number of nitrogens with two attached hydrogens (primary N) is 1. The average molecular weight is 176 g/mol. The Bertz CT molecular complexity index is 158. The maximum Gasteiger partial charge on any atom is 0.217 e. The van der Waals surface area contributed by atoms with Crippen LogP contribution < -0.4 is 5.73 Å². The molecule has 0 saturated heterocycles. The zero-order valence-electron chi connectivity index (χ0n) is 6.93. The van der Waals surface area contributed by atoms with Gasteiger partial charge in [-0.2, -0.15) is 0 Å². The van der Waals surface area contributed by atoms with Gasteiger partial charge in [-0.1, -0.05) is 12.2 Å². The minimum atomic E-state index is -0.322. The van der Waals surface area contributed by atoms with Gasteiger partial charge in [0.25, 0.3) is 0 Å². The van der Waals surface area contributed by atoms with Crippen LogP contribution in [0.2, 0.25) is 0 Å². The molecule has 3 heteroatoms. The molecule has 0 aliphatic rings. The molecule has 0 rings (SSSR count). The van der Waals surface area contributed by atoms with Crippen LogP contribution in [0.1, 0.15) is 26.7 Å². The lowest BCUT2D eigenvalue weighted by Gasteiger charge is -2.07. The predicted octanol–water partition coefficient (Wildman–Crippen LogP) is 1.83. The second-order valence-corrected chi connectivity index (χ2v) is 3.95. The Hall–Kier alpha value is -0.500. The highest BCUT2D eigenvalue weighted by Gasteiger charge is 2.05. The molecule has 0 fully saturated rings. The van der Waals surface area contributed by atoms with Gasteiger partial charge in [-0.05, 0) is 20.3 Å². The summed E-state index contributed by atoms with van der Waals surface area (Å²) in [4.78, 5) is 9.96. The lowest BCUT2D eigenvalue weighted by molar-refractivity contribution is -0.117. The fourth-order valence-corrected chi connectivity index (χ4v) is 0.678. The highest BCUT2D eigenvalue weighted by Crippen LogP contribution is 2.14. The first kappa shape index (κ1) is 10.5. The normalized spacial score (nSPS) is 12.3. The van der Waals surface area contributed by atoms with E-state index in [9.17, 15) is 4.79 Å². The predicted molar refractivity (Wildman–Crippen MR) is 47.5 cm³/mol. The molecule has 0 saturated carbocycles. The summed E-state index contributed by atoms with van der Waals surface area (Å²) < 4.78 is 0. The number of rotatable bonds is 4. The first-order chi connectivity index (χ1) is 4.92. The van der Waals surface area contributed by atoms with Crippen molar-refractivity contribution in [2.75, 3.05) is 0 Å². The van der Waals surface area contributed by atoms with E-state index in [1.807, 2.05) is 26.0 Å². The van der Waals surface area contributed by atoms with Crippen molar-refractivity contribution in [1.29, 1.82) is 0 Å². The number of carbonyl (C=O) groups excluding carboxylic acids is 1. The van der Waals surface area contributed by atoms with Gasteiger partial charge in [0.1, 0.15) is 0 Å². The Morgan fingerprint density at radius 1 is 1.64 bits per heavy atom. The molecule has 2 N–H and O–H groups in total. The number of allylic oxidation sites excluding steroid dienone is 2. The van der Waals surface area contributed by atoms with E-state index in [-0.39, 0.29) is 10.8 Å². The third-order valence-electron chi connectivity index (χ3n) is 1.07. The molecule has 0 aliphatic carbocycles. The van der Waals surface area contributed by atoms with E-state index < -0.39 is 0 Å². The van der Waals surface area contributed by atoms with Crippen LogP contribution in [0, 0.1) is 0 Å². The summed E-state index contributed by atoms with van der Waals surface area (Å²) in [5.74, 6) is -0.276. The fourth-order valence-electron chi connectivity index (χ4n) is 0.589. The lowest BCUT2D eigenvalue weighted by Crippen LogP contribution is -2.09. The molecule has 0 aromatic rings. The van der Waals surface area contributed by atoms with E-state index in [1.165, 1.54) is 0 Å². The number of halogens is 1. The van der Waals surface area contributed by atoms with Crippen molar-refractivity contribution in [1.82, 2.24) is 0 Å². The van der Waals surface area contributed by atoms with Gasteiger partial charge in [0.2, 0.25) is 5.91 Å². The Morgan fingerprint density at radius 3 is 2.55 bits per heavy atom. The van der Waals surface area contributed by atoms with Crippen molar-refractivity contribution in [2.45, 2.75) is 31.6 Å². The quantitative estimate of drug-likeness (QED) is 0.514. The smallest absolute Gasteiger partial charge is 0.217 e. The highest BCUT2D eigenvalue weighted by atomic mass is 35.5. The van der Waals surface area contributed by atoms with Gasteiger partial charge >= 0.3 is 0 Å². The largest absolute Gasteiger partial charge is 0.370 e. The molecule has 0 unspecified atom stereocenters. The van der Waals surface area contributed by atoms with Crippen LogP contribution in [0.5, 0.6) is 0 Å². The number of primary amides is 1. The van der Waals surface area contributed by atoms with Crippen molar-refractivity contribution in [3.63, 3.8) is 0 Å². The molecule has 64 valence electrons. The number of carbonyl (C=O) groups is 1. The number of hydrogen-bond acceptors (Lipinski definition) is 1. The topological polar surface area (TPSA) is 43.1 Å². The van der Waals surface area contributed by atoms with Gasteiger partial charge < -0.3 is 5.73 Å². The van der Waals surface area contributed by atoms with Gasteiger partial charge in [0, 0.05) is 6.42 Å². The molecule has 0 heterocycles. The molecule has 0 aliphatic heterocycles. The van der Waals surface area contributed by atoms with Crippen LogP contribution in [0.4, 0.5) is 0 Å². The van der Waals surface area contributed by atoms with Crippen LogP contribution in [-0.4, -0.2) is 10.8 Å². The van der Waals surface area contributed by atoms with Gasteiger partial charge in [-0.15, -0.1) is 11.6 Å². The second kappa shape index (κ2) is 4.39. The van der Waals surface area contributed by atoms with E-state index >= 15 is 0 Å². The summed E-state index contributed by atoms with van der Waals surface area (Å²) >= 11 is 5.85. The third-order valence-corrected chi connectivity index (χ3v) is 1.20. The number of alkyl halides is 1. The Labute approximate surface area is 72.4 Å². The van der Waals surface area contributed by atoms with Gasteiger partial charge in [-0.25, -0.2) is 0 Å². The minimum absolute atomic E-state index is 0.276. The van der Waals surface area contributed by atoms with E-state index in [0.717, 1.165) is 0 Å². The van der Waals surface area contributed by atoms with Gasteiger partial charge in [0.05, 0.1) is 4.87 Å². The van der Waals surface area contributed by atoms with Crippen LogP contribution in [0.25, 0.3) is 0 Å². The zero-order valence-corrected chi connectivity index (χ0v) is 7.69. The molecule has 11 heavy (non-hydrogen) atoms. The summed E-state index contributed by atoms with van der Waals surface area (Å²) in [5, 5.41) is 0. The summed E-state index contributed by atoms with van der Waals surface area (Å²) in [5.41, 5.74) is 4.94. The van der Waals surface area contributed by atoms with E-state index in [4.69, 9.17) is 17.3 Å². The molecular weight excluding hydrogens is 162 g/mol. The first-order valence-electron chi connectivity index (χ1n) is 3.57. The molecule has 1 amide bonds. The maximum atomic E-state index is 10.3. The van der Waals surface area contributed by atoms with Crippen LogP contribution >= 0.6 is 11.6 Å². The summed E-state index contributed by atoms with van der Waals surface area (Å²) in [6.07, 6.45) is 4.80. The molecule has 0 radical (unpaired) electrons. The average Bonchev–Trinajstić information content (AvgIpc) is 1.78. The fraction of sp³-hybridized carbons (Fsp3) is 0.625. The lowest BCUT2D eigenvalue weighted by atomic mass is 10.1. The summed E-state index contributed by atoms with van der Waals surface area (Å²) in [6, 6.07) is 0. The molecule has 0 aromatic carbocycles. The van der Waals surface area contributed by atoms with Crippen LogP contribution in [0.15, 0.2) is 12.2 Å². The van der Waals surface area contributed by atoms with E-state index in [2.05, 4.69) is 0 Å². The summed E-state index contributed by atoms with van der Waals surface area (Å²) in [7, 11) is 0. The number of hydrogen-bond donors (Lipinski definition) is 1. The summed E-state index contributed by atoms with van der Waals surface area (Å²) in [6.45, 7) is 3.77. The van der Waals surface area contributed by atoms with Crippen molar-refractivity contribution in [3.05, 3.63) is 12.2 Å². The highest BCUT2D eigenvalue weighted by molar-refractivity contribution is 6.24. The van der Waals surface area contributed by atoms with Crippen molar-refractivity contribution in [2.24, 2.45) is 5.73 Å². The Balaban J connectivity index is 3.54. The van der Waals surface area contributed by atoms with Gasteiger partial charge in [-0.3, -0.25) is 4.79 Å². The third kappa shape index (κ3) is 9.50. The standard InChI is InChI=1S/C8H14ClNO/c1-8(2,9)6-4-3-5-7(10)11/h4,6H,3,5H2,1-2H3,(H2,10,11)/b6-4-. The minimum Gasteiger partial charge on any atom is -0.370 e. The van der Waals surface area contributed by atoms with Crippen molar-refractivity contribution >= 4 is 17.5 Å². The second-order valence-electron chi connectivity index (χ2n) is 2.97. The molecule has 0 spiro atoms.